The van der Waals surface area contributed by atoms with Gasteiger partial charge in [-0.3, -0.25) is 9.88 Å². The molecule has 1 aromatic heterocycles. The normalized spacial score (nSPS) is 16.0. The third kappa shape index (κ3) is 3.56. The van der Waals surface area contributed by atoms with E-state index in [1.165, 1.54) is 5.56 Å². The summed E-state index contributed by atoms with van der Waals surface area (Å²) in [6.07, 6.45) is 3.57. The van der Waals surface area contributed by atoms with Gasteiger partial charge in [0.15, 0.2) is 0 Å². The van der Waals surface area contributed by atoms with Crippen molar-refractivity contribution in [2.75, 3.05) is 31.6 Å². The van der Waals surface area contributed by atoms with Crippen molar-refractivity contribution in [3.8, 4) is 0 Å². The molecule has 1 aliphatic rings. The molecule has 0 radical (unpaired) electrons. The Morgan fingerprint density at radius 1 is 0.950 bits per heavy atom. The van der Waals surface area contributed by atoms with Gasteiger partial charge in [0.1, 0.15) is 0 Å². The standard InChI is InChI=1S/C16H19N3O/c1-3-15(18-16-5-7-17-8-6-16)4-2-14(1)13-19-9-11-20-12-10-19/h1-8H,9-13H2,(H,17,18). The average molecular weight is 269 g/mol. The van der Waals surface area contributed by atoms with Gasteiger partial charge < -0.3 is 10.1 Å². The Labute approximate surface area is 119 Å². The van der Waals surface area contributed by atoms with Crippen LogP contribution in [0.4, 0.5) is 11.4 Å². The molecule has 104 valence electrons. The molecule has 1 fully saturated rings. The van der Waals surface area contributed by atoms with E-state index >= 15 is 0 Å². The maximum Gasteiger partial charge on any atom is 0.0594 e. The number of ether oxygens (including phenoxy) is 1. The number of hydrogen-bond acceptors (Lipinski definition) is 4. The maximum absolute atomic E-state index is 5.37. The van der Waals surface area contributed by atoms with Gasteiger partial charge >= 0.3 is 0 Å². The highest BCUT2D eigenvalue weighted by Crippen LogP contribution is 2.17. The fourth-order valence-corrected chi connectivity index (χ4v) is 2.31. The number of anilines is 2. The molecule has 1 saturated heterocycles. The van der Waals surface area contributed by atoms with Gasteiger partial charge in [0.05, 0.1) is 13.2 Å². The first kappa shape index (κ1) is 13.1. The molecule has 2 aromatic rings. The van der Waals surface area contributed by atoms with E-state index in [4.69, 9.17) is 4.74 Å². The Morgan fingerprint density at radius 3 is 2.30 bits per heavy atom. The summed E-state index contributed by atoms with van der Waals surface area (Å²) >= 11 is 0. The van der Waals surface area contributed by atoms with E-state index in [2.05, 4.69) is 39.5 Å². The van der Waals surface area contributed by atoms with Crippen molar-refractivity contribution in [3.63, 3.8) is 0 Å². The van der Waals surface area contributed by atoms with Crippen molar-refractivity contribution in [3.05, 3.63) is 54.4 Å². The summed E-state index contributed by atoms with van der Waals surface area (Å²) in [5.74, 6) is 0. The topological polar surface area (TPSA) is 37.4 Å². The molecule has 4 nitrogen and oxygen atoms in total. The van der Waals surface area contributed by atoms with Crippen LogP contribution in [0, 0.1) is 0 Å². The number of pyridine rings is 1. The number of hydrogen-bond donors (Lipinski definition) is 1. The van der Waals surface area contributed by atoms with Crippen molar-refractivity contribution in [2.45, 2.75) is 6.54 Å². The highest BCUT2D eigenvalue weighted by Gasteiger charge is 2.10. The van der Waals surface area contributed by atoms with E-state index in [0.29, 0.717) is 0 Å². The van der Waals surface area contributed by atoms with Crippen molar-refractivity contribution >= 4 is 11.4 Å². The summed E-state index contributed by atoms with van der Waals surface area (Å²) < 4.78 is 5.37. The highest BCUT2D eigenvalue weighted by molar-refractivity contribution is 5.58. The van der Waals surface area contributed by atoms with Crippen LogP contribution in [0.15, 0.2) is 48.8 Å². The third-order valence-corrected chi connectivity index (χ3v) is 3.43. The fourth-order valence-electron chi connectivity index (χ4n) is 2.31. The van der Waals surface area contributed by atoms with E-state index in [0.717, 1.165) is 44.2 Å². The third-order valence-electron chi connectivity index (χ3n) is 3.43. The van der Waals surface area contributed by atoms with Gasteiger partial charge in [0.2, 0.25) is 0 Å². The average Bonchev–Trinajstić information content (AvgIpc) is 2.51. The Balaban J connectivity index is 1.59. The number of morpholine rings is 1. The lowest BCUT2D eigenvalue weighted by Crippen LogP contribution is -2.35. The molecule has 0 bridgehead atoms. The van der Waals surface area contributed by atoms with Gasteiger partial charge in [-0.05, 0) is 29.8 Å². The molecule has 2 heterocycles. The fraction of sp³-hybridized carbons (Fsp3) is 0.312. The van der Waals surface area contributed by atoms with Gasteiger partial charge in [-0.15, -0.1) is 0 Å². The summed E-state index contributed by atoms with van der Waals surface area (Å²) in [5.41, 5.74) is 3.50. The molecular formula is C16H19N3O. The largest absolute Gasteiger partial charge is 0.379 e. The second-order valence-electron chi connectivity index (χ2n) is 4.95. The van der Waals surface area contributed by atoms with Crippen LogP contribution < -0.4 is 5.32 Å². The van der Waals surface area contributed by atoms with Crippen molar-refractivity contribution in [1.29, 1.82) is 0 Å². The number of aromatic nitrogens is 1. The number of nitrogens with one attached hydrogen (secondary N) is 1. The Bertz CT molecular complexity index is 521. The Kier molecular flexibility index (Phi) is 4.25. The molecule has 1 N–H and O–H groups in total. The SMILES string of the molecule is c1cc(Nc2ccc(CN3CCOCC3)cc2)ccn1. The van der Waals surface area contributed by atoms with Crippen LogP contribution >= 0.6 is 0 Å². The highest BCUT2D eigenvalue weighted by atomic mass is 16.5. The summed E-state index contributed by atoms with van der Waals surface area (Å²) in [4.78, 5) is 6.44. The zero-order valence-corrected chi connectivity index (χ0v) is 11.5. The van der Waals surface area contributed by atoms with Crippen LogP contribution in [0.25, 0.3) is 0 Å². The minimum atomic E-state index is 0.849. The molecule has 4 heteroatoms. The van der Waals surface area contributed by atoms with E-state index in [9.17, 15) is 0 Å². The molecule has 0 spiro atoms. The molecule has 0 amide bonds. The summed E-state index contributed by atoms with van der Waals surface area (Å²) in [7, 11) is 0. The van der Waals surface area contributed by atoms with E-state index in [1.807, 2.05) is 12.1 Å². The molecular weight excluding hydrogens is 250 g/mol. The summed E-state index contributed by atoms with van der Waals surface area (Å²) in [6, 6.07) is 12.5. The molecule has 20 heavy (non-hydrogen) atoms. The number of rotatable bonds is 4. The Morgan fingerprint density at radius 2 is 1.60 bits per heavy atom. The molecule has 0 saturated carbocycles. The predicted octanol–water partition coefficient (Wildman–Crippen LogP) is 2.66. The van der Waals surface area contributed by atoms with Crippen molar-refractivity contribution in [1.82, 2.24) is 9.88 Å². The van der Waals surface area contributed by atoms with Gasteiger partial charge in [-0.1, -0.05) is 12.1 Å². The number of nitrogens with zero attached hydrogens (tertiary/aromatic N) is 2. The number of benzene rings is 1. The molecule has 0 aliphatic carbocycles. The van der Waals surface area contributed by atoms with Gasteiger partial charge in [-0.25, -0.2) is 0 Å². The lowest BCUT2D eigenvalue weighted by molar-refractivity contribution is 0.0342. The first-order chi connectivity index (χ1) is 9.90. The molecule has 3 rings (SSSR count). The smallest absolute Gasteiger partial charge is 0.0594 e. The zero-order valence-electron chi connectivity index (χ0n) is 11.5. The maximum atomic E-state index is 5.37. The first-order valence-electron chi connectivity index (χ1n) is 6.96. The van der Waals surface area contributed by atoms with E-state index in [1.54, 1.807) is 12.4 Å². The van der Waals surface area contributed by atoms with Crippen molar-refractivity contribution < 1.29 is 4.74 Å². The van der Waals surface area contributed by atoms with E-state index in [-0.39, 0.29) is 0 Å². The lowest BCUT2D eigenvalue weighted by atomic mass is 10.2. The van der Waals surface area contributed by atoms with Crippen LogP contribution in [0.3, 0.4) is 0 Å². The van der Waals surface area contributed by atoms with Crippen LogP contribution in [-0.4, -0.2) is 36.2 Å². The molecule has 0 atom stereocenters. The predicted molar refractivity (Wildman–Crippen MR) is 80.1 cm³/mol. The minimum Gasteiger partial charge on any atom is -0.379 e. The first-order valence-corrected chi connectivity index (χ1v) is 6.96. The van der Waals surface area contributed by atoms with Crippen LogP contribution in [0.2, 0.25) is 0 Å². The van der Waals surface area contributed by atoms with Gasteiger partial charge in [0.25, 0.3) is 0 Å². The van der Waals surface area contributed by atoms with Crippen LogP contribution in [0.1, 0.15) is 5.56 Å². The van der Waals surface area contributed by atoms with Crippen LogP contribution in [0.5, 0.6) is 0 Å². The Hall–Kier alpha value is -1.91. The van der Waals surface area contributed by atoms with E-state index < -0.39 is 0 Å². The molecule has 0 unspecified atom stereocenters. The lowest BCUT2D eigenvalue weighted by Gasteiger charge is -2.26. The molecule has 1 aliphatic heterocycles. The summed E-state index contributed by atoms with van der Waals surface area (Å²) in [6.45, 7) is 4.75. The second-order valence-corrected chi connectivity index (χ2v) is 4.95. The summed E-state index contributed by atoms with van der Waals surface area (Å²) in [5, 5.41) is 3.36. The minimum absolute atomic E-state index is 0.849. The monoisotopic (exact) mass is 269 g/mol. The van der Waals surface area contributed by atoms with Crippen LogP contribution in [-0.2, 0) is 11.3 Å². The van der Waals surface area contributed by atoms with Crippen molar-refractivity contribution in [2.24, 2.45) is 0 Å². The van der Waals surface area contributed by atoms with Gasteiger partial charge in [0, 0.05) is 43.4 Å². The van der Waals surface area contributed by atoms with Gasteiger partial charge in [-0.2, -0.15) is 0 Å². The molecule has 1 aromatic carbocycles. The zero-order chi connectivity index (χ0) is 13.6. The quantitative estimate of drug-likeness (QED) is 0.926. The second kappa shape index (κ2) is 6.50.